The van der Waals surface area contributed by atoms with Crippen LogP contribution in [0, 0.1) is 0 Å². The smallest absolute Gasteiger partial charge is 0.329 e. The van der Waals surface area contributed by atoms with Gasteiger partial charge in [-0.05, 0) is 18.2 Å². The van der Waals surface area contributed by atoms with E-state index >= 15 is 0 Å². The molecule has 0 bridgehead atoms. The number of nitrogens with zero attached hydrogens (tertiary/aromatic N) is 2. The van der Waals surface area contributed by atoms with E-state index in [9.17, 15) is 9.59 Å². The van der Waals surface area contributed by atoms with E-state index in [1.807, 2.05) is 0 Å². The first-order valence-corrected chi connectivity index (χ1v) is 4.75. The average molecular weight is 231 g/mol. The van der Waals surface area contributed by atoms with Crippen LogP contribution < -0.4 is 11.3 Å². The van der Waals surface area contributed by atoms with Crippen LogP contribution in [0.15, 0.2) is 35.4 Å². The van der Waals surface area contributed by atoms with E-state index in [1.165, 1.54) is 12.4 Å². The zero-order valence-corrected chi connectivity index (χ0v) is 8.70. The Morgan fingerprint density at radius 1 is 1.47 bits per heavy atom. The van der Waals surface area contributed by atoms with Crippen molar-refractivity contribution in [1.82, 2.24) is 9.55 Å². The molecule has 0 aliphatic carbocycles. The molecule has 2 aromatic rings. The zero-order valence-electron chi connectivity index (χ0n) is 8.70. The van der Waals surface area contributed by atoms with Crippen LogP contribution in [0.4, 0.5) is 5.69 Å². The highest BCUT2D eigenvalue weighted by molar-refractivity contribution is 5.84. The molecular formula is C11H9N3O3. The van der Waals surface area contributed by atoms with Crippen LogP contribution in [0.5, 0.6) is 0 Å². The van der Waals surface area contributed by atoms with Gasteiger partial charge < -0.3 is 10.8 Å². The van der Waals surface area contributed by atoms with Crippen molar-refractivity contribution in [2.45, 2.75) is 0 Å². The summed E-state index contributed by atoms with van der Waals surface area (Å²) in [5.41, 5.74) is 6.19. The van der Waals surface area contributed by atoms with E-state index < -0.39 is 5.97 Å². The number of aromatic nitrogens is 2. The standard InChI is InChI=1S/C11H9N3O3/c12-7-1-2-9-8(5-7)11(17)14(6-13-9)4-3-10(15)16/h1-6H,12H2,(H,15,16)/b4-3+. The first kappa shape index (κ1) is 10.9. The molecule has 17 heavy (non-hydrogen) atoms. The van der Waals surface area contributed by atoms with Gasteiger partial charge in [-0.25, -0.2) is 9.78 Å². The molecule has 0 aliphatic rings. The van der Waals surface area contributed by atoms with Crippen LogP contribution in [-0.2, 0) is 4.79 Å². The fourth-order valence-corrected chi connectivity index (χ4v) is 1.40. The third kappa shape index (κ3) is 2.15. The van der Waals surface area contributed by atoms with E-state index in [2.05, 4.69) is 4.98 Å². The molecule has 0 saturated heterocycles. The monoisotopic (exact) mass is 231 g/mol. The average Bonchev–Trinajstić information content (AvgIpc) is 2.29. The number of carboxylic acids is 1. The summed E-state index contributed by atoms with van der Waals surface area (Å²) in [4.78, 5) is 26.3. The van der Waals surface area contributed by atoms with E-state index in [-0.39, 0.29) is 5.56 Å². The Kier molecular flexibility index (Phi) is 2.61. The first-order valence-electron chi connectivity index (χ1n) is 4.75. The van der Waals surface area contributed by atoms with E-state index in [4.69, 9.17) is 10.8 Å². The van der Waals surface area contributed by atoms with Crippen molar-refractivity contribution < 1.29 is 9.90 Å². The van der Waals surface area contributed by atoms with Crippen LogP contribution in [0.1, 0.15) is 0 Å². The maximum absolute atomic E-state index is 11.9. The van der Waals surface area contributed by atoms with Crippen molar-refractivity contribution >= 4 is 28.8 Å². The lowest BCUT2D eigenvalue weighted by molar-refractivity contribution is -0.131. The number of aliphatic carboxylic acids is 1. The van der Waals surface area contributed by atoms with Gasteiger partial charge in [0.25, 0.3) is 5.56 Å². The molecule has 0 atom stereocenters. The van der Waals surface area contributed by atoms with Crippen molar-refractivity contribution in [3.05, 3.63) is 41.0 Å². The fraction of sp³-hybridized carbons (Fsp3) is 0. The third-order valence-electron chi connectivity index (χ3n) is 2.18. The van der Waals surface area contributed by atoms with Gasteiger partial charge in [-0.15, -0.1) is 0 Å². The lowest BCUT2D eigenvalue weighted by Crippen LogP contribution is -2.16. The maximum Gasteiger partial charge on any atom is 0.329 e. The van der Waals surface area contributed by atoms with Crippen molar-refractivity contribution in [2.75, 3.05) is 5.73 Å². The number of carboxylic acid groups (broad SMARTS) is 1. The second kappa shape index (κ2) is 4.09. The van der Waals surface area contributed by atoms with Gasteiger partial charge in [0.15, 0.2) is 0 Å². The second-order valence-corrected chi connectivity index (χ2v) is 3.39. The van der Waals surface area contributed by atoms with Gasteiger partial charge in [0, 0.05) is 18.0 Å². The molecule has 3 N–H and O–H groups in total. The van der Waals surface area contributed by atoms with Gasteiger partial charge in [-0.3, -0.25) is 9.36 Å². The maximum atomic E-state index is 11.9. The number of rotatable bonds is 2. The Hall–Kier alpha value is -2.63. The lowest BCUT2D eigenvalue weighted by Gasteiger charge is -2.01. The minimum atomic E-state index is -1.13. The summed E-state index contributed by atoms with van der Waals surface area (Å²) in [7, 11) is 0. The second-order valence-electron chi connectivity index (χ2n) is 3.39. The Balaban J connectivity index is 2.65. The predicted molar refractivity (Wildman–Crippen MR) is 63.4 cm³/mol. The third-order valence-corrected chi connectivity index (χ3v) is 2.18. The Morgan fingerprint density at radius 2 is 2.24 bits per heavy atom. The Morgan fingerprint density at radius 3 is 2.94 bits per heavy atom. The fourth-order valence-electron chi connectivity index (χ4n) is 1.40. The van der Waals surface area contributed by atoms with Crippen LogP contribution >= 0.6 is 0 Å². The highest BCUT2D eigenvalue weighted by Crippen LogP contribution is 2.10. The summed E-state index contributed by atoms with van der Waals surface area (Å²) in [6, 6.07) is 4.79. The minimum absolute atomic E-state index is 0.350. The molecule has 0 unspecified atom stereocenters. The van der Waals surface area contributed by atoms with Crippen LogP contribution in [0.3, 0.4) is 0 Å². The molecule has 1 aromatic heterocycles. The van der Waals surface area contributed by atoms with Gasteiger partial charge >= 0.3 is 5.97 Å². The number of nitrogens with two attached hydrogens (primary N) is 1. The molecule has 0 fully saturated rings. The highest BCUT2D eigenvalue weighted by Gasteiger charge is 2.02. The molecule has 86 valence electrons. The molecule has 0 saturated carbocycles. The van der Waals surface area contributed by atoms with E-state index in [0.717, 1.165) is 16.8 Å². The molecule has 2 rings (SSSR count). The first-order chi connectivity index (χ1) is 8.08. The van der Waals surface area contributed by atoms with E-state index in [0.29, 0.717) is 16.6 Å². The van der Waals surface area contributed by atoms with Gasteiger partial charge in [0.1, 0.15) is 6.33 Å². The van der Waals surface area contributed by atoms with Crippen molar-refractivity contribution in [3.8, 4) is 0 Å². The highest BCUT2D eigenvalue weighted by atomic mass is 16.4. The van der Waals surface area contributed by atoms with Crippen molar-refractivity contribution in [3.63, 3.8) is 0 Å². The molecule has 1 aromatic carbocycles. The Bertz CT molecular complexity index is 673. The Labute approximate surface area is 95.6 Å². The minimum Gasteiger partial charge on any atom is -0.478 e. The molecule has 6 heteroatoms. The molecule has 0 spiro atoms. The van der Waals surface area contributed by atoms with Crippen molar-refractivity contribution in [1.29, 1.82) is 0 Å². The summed E-state index contributed by atoms with van der Waals surface area (Å²) in [5.74, 6) is -1.13. The number of nitrogen functional groups attached to an aromatic ring is 1. The summed E-state index contributed by atoms with van der Waals surface area (Å²) < 4.78 is 1.09. The quantitative estimate of drug-likeness (QED) is 0.580. The van der Waals surface area contributed by atoms with E-state index in [1.54, 1.807) is 12.1 Å². The van der Waals surface area contributed by atoms with Crippen LogP contribution in [-0.4, -0.2) is 20.6 Å². The van der Waals surface area contributed by atoms with Gasteiger partial charge in [0.05, 0.1) is 10.9 Å². The lowest BCUT2D eigenvalue weighted by atomic mass is 10.2. The number of anilines is 1. The number of fused-ring (bicyclic) bond motifs is 1. The largest absolute Gasteiger partial charge is 0.478 e. The summed E-state index contributed by atoms with van der Waals surface area (Å²) in [5, 5.41) is 8.83. The van der Waals surface area contributed by atoms with Crippen LogP contribution in [0.2, 0.25) is 0 Å². The van der Waals surface area contributed by atoms with Crippen molar-refractivity contribution in [2.24, 2.45) is 0 Å². The van der Waals surface area contributed by atoms with Gasteiger partial charge in [0.2, 0.25) is 0 Å². The molecular weight excluding hydrogens is 222 g/mol. The summed E-state index contributed by atoms with van der Waals surface area (Å²) >= 11 is 0. The topological polar surface area (TPSA) is 98.2 Å². The van der Waals surface area contributed by atoms with Crippen LogP contribution in [0.25, 0.3) is 17.1 Å². The summed E-state index contributed by atoms with van der Waals surface area (Å²) in [6.07, 6.45) is 3.27. The number of benzene rings is 1. The van der Waals surface area contributed by atoms with Gasteiger partial charge in [-0.1, -0.05) is 0 Å². The molecule has 0 radical (unpaired) electrons. The molecule has 0 aliphatic heterocycles. The SMILES string of the molecule is Nc1ccc2ncn(/C=C/C(=O)O)c(=O)c2c1. The molecule has 0 amide bonds. The molecule has 6 nitrogen and oxygen atoms in total. The molecule has 1 heterocycles. The number of hydrogen-bond donors (Lipinski definition) is 2. The normalized spacial score (nSPS) is 11.1. The summed E-state index contributed by atoms with van der Waals surface area (Å²) in [6.45, 7) is 0. The zero-order chi connectivity index (χ0) is 12.4. The van der Waals surface area contributed by atoms with Gasteiger partial charge in [-0.2, -0.15) is 0 Å². The predicted octanol–water partition coefficient (Wildman–Crippen LogP) is 0.534. The number of carbonyl (C=O) groups is 1. The number of hydrogen-bond acceptors (Lipinski definition) is 4.